The number of aromatic nitrogens is 3. The van der Waals surface area contributed by atoms with E-state index in [0.717, 1.165) is 41.6 Å². The number of aryl methyl sites for hydroxylation is 1. The summed E-state index contributed by atoms with van der Waals surface area (Å²) in [5.74, 6) is 0.145. The van der Waals surface area contributed by atoms with Crippen LogP contribution in [0.15, 0.2) is 47.4 Å². The first-order valence-electron chi connectivity index (χ1n) is 8.46. The lowest BCUT2D eigenvalue weighted by molar-refractivity contribution is -0.129. The highest BCUT2D eigenvalue weighted by Gasteiger charge is 2.09. The van der Waals surface area contributed by atoms with Crippen LogP contribution in [-0.2, 0) is 17.6 Å². The van der Waals surface area contributed by atoms with Gasteiger partial charge < -0.3 is 14.9 Å². The number of benzene rings is 1. The summed E-state index contributed by atoms with van der Waals surface area (Å²) in [6.07, 6.45) is 4.64. The molecule has 0 spiro atoms. The van der Waals surface area contributed by atoms with Crippen molar-refractivity contribution < 1.29 is 4.79 Å². The third-order valence-electron chi connectivity index (χ3n) is 4.29. The molecule has 2 aromatic heterocycles. The lowest BCUT2D eigenvalue weighted by Crippen LogP contribution is -2.28. The predicted octanol–water partition coefficient (Wildman–Crippen LogP) is 2.27. The highest BCUT2D eigenvalue weighted by Crippen LogP contribution is 2.13. The van der Waals surface area contributed by atoms with Gasteiger partial charge in [0.1, 0.15) is 0 Å². The van der Waals surface area contributed by atoms with Crippen LogP contribution in [0.3, 0.4) is 0 Å². The van der Waals surface area contributed by atoms with Crippen molar-refractivity contribution in [2.24, 2.45) is 0 Å². The SMILES string of the molecule is CN(CCc1ccccn1)C(=O)CCCc1ccc2[nH]c(=O)[nH]c2c1. The molecule has 0 radical (unpaired) electrons. The maximum atomic E-state index is 12.2. The Morgan fingerprint density at radius 2 is 1.96 bits per heavy atom. The molecule has 130 valence electrons. The van der Waals surface area contributed by atoms with Crippen molar-refractivity contribution in [1.82, 2.24) is 19.9 Å². The Hall–Kier alpha value is -2.89. The summed E-state index contributed by atoms with van der Waals surface area (Å²) in [7, 11) is 1.84. The molecule has 0 fully saturated rings. The lowest BCUT2D eigenvalue weighted by Gasteiger charge is -2.16. The van der Waals surface area contributed by atoms with Gasteiger partial charge in [0.2, 0.25) is 5.91 Å². The summed E-state index contributed by atoms with van der Waals surface area (Å²) in [5, 5.41) is 0. The molecule has 6 nitrogen and oxygen atoms in total. The molecular formula is C19H22N4O2. The van der Waals surface area contributed by atoms with Crippen molar-refractivity contribution in [2.75, 3.05) is 13.6 Å². The van der Waals surface area contributed by atoms with Crippen LogP contribution in [0.5, 0.6) is 0 Å². The highest BCUT2D eigenvalue weighted by molar-refractivity contribution is 5.76. The molecular weight excluding hydrogens is 316 g/mol. The fourth-order valence-corrected chi connectivity index (χ4v) is 2.82. The Balaban J connectivity index is 1.45. The van der Waals surface area contributed by atoms with Crippen molar-refractivity contribution in [3.8, 4) is 0 Å². The molecule has 0 saturated heterocycles. The number of H-pyrrole nitrogens is 2. The van der Waals surface area contributed by atoms with Gasteiger partial charge in [-0.25, -0.2) is 4.79 Å². The molecule has 3 aromatic rings. The number of imidazole rings is 1. The largest absolute Gasteiger partial charge is 0.345 e. The third-order valence-corrected chi connectivity index (χ3v) is 4.29. The van der Waals surface area contributed by atoms with Crippen molar-refractivity contribution in [2.45, 2.75) is 25.7 Å². The van der Waals surface area contributed by atoms with Crippen LogP contribution in [0.1, 0.15) is 24.1 Å². The van der Waals surface area contributed by atoms with E-state index in [2.05, 4.69) is 15.0 Å². The van der Waals surface area contributed by atoms with Gasteiger partial charge in [0.25, 0.3) is 0 Å². The predicted molar refractivity (Wildman–Crippen MR) is 97.4 cm³/mol. The Labute approximate surface area is 145 Å². The molecule has 0 bridgehead atoms. The van der Waals surface area contributed by atoms with Gasteiger partial charge in [-0.15, -0.1) is 0 Å². The van der Waals surface area contributed by atoms with Gasteiger partial charge in [-0.3, -0.25) is 9.78 Å². The lowest BCUT2D eigenvalue weighted by atomic mass is 10.1. The van der Waals surface area contributed by atoms with Crippen LogP contribution in [0.4, 0.5) is 0 Å². The standard InChI is InChI=1S/C19H22N4O2/c1-23(12-10-15-6-2-3-11-20-15)18(24)7-4-5-14-8-9-16-17(13-14)22-19(25)21-16/h2-3,6,8-9,11,13H,4-5,7,10,12H2,1H3,(H2,21,22,25). The van der Waals surface area contributed by atoms with Crippen molar-refractivity contribution in [1.29, 1.82) is 0 Å². The summed E-state index contributed by atoms with van der Waals surface area (Å²) >= 11 is 0. The maximum Gasteiger partial charge on any atom is 0.323 e. The summed E-state index contributed by atoms with van der Waals surface area (Å²) in [6, 6.07) is 11.7. The first kappa shape index (κ1) is 17.0. The number of nitrogens with zero attached hydrogens (tertiary/aromatic N) is 2. The van der Waals surface area contributed by atoms with Gasteiger partial charge in [0.05, 0.1) is 11.0 Å². The van der Waals surface area contributed by atoms with Crippen molar-refractivity contribution >= 4 is 16.9 Å². The Morgan fingerprint density at radius 3 is 2.76 bits per heavy atom. The summed E-state index contributed by atoms with van der Waals surface area (Å²) in [5.41, 5.74) is 3.53. The number of likely N-dealkylation sites (N-methyl/N-ethyl adjacent to an activating group) is 1. The Morgan fingerprint density at radius 1 is 1.12 bits per heavy atom. The summed E-state index contributed by atoms with van der Waals surface area (Å²) < 4.78 is 0. The second-order valence-electron chi connectivity index (χ2n) is 6.20. The molecule has 0 unspecified atom stereocenters. The molecule has 1 aromatic carbocycles. The van der Waals surface area contributed by atoms with E-state index >= 15 is 0 Å². The number of pyridine rings is 1. The Kier molecular flexibility index (Phi) is 5.28. The minimum Gasteiger partial charge on any atom is -0.345 e. The molecule has 25 heavy (non-hydrogen) atoms. The average molecular weight is 338 g/mol. The van der Waals surface area contributed by atoms with E-state index in [1.165, 1.54) is 0 Å². The van der Waals surface area contributed by atoms with Gasteiger partial charge in [0, 0.05) is 38.3 Å². The van der Waals surface area contributed by atoms with E-state index in [9.17, 15) is 9.59 Å². The number of hydrogen-bond acceptors (Lipinski definition) is 3. The third kappa shape index (κ3) is 4.56. The zero-order valence-electron chi connectivity index (χ0n) is 14.3. The van der Waals surface area contributed by atoms with Gasteiger partial charge in [0.15, 0.2) is 0 Å². The molecule has 6 heteroatoms. The summed E-state index contributed by atoms with van der Waals surface area (Å²) in [6.45, 7) is 0.673. The molecule has 0 saturated carbocycles. The van der Waals surface area contributed by atoms with Crippen LogP contribution in [0.25, 0.3) is 11.0 Å². The smallest absolute Gasteiger partial charge is 0.323 e. The minimum atomic E-state index is -0.197. The van der Waals surface area contributed by atoms with Crippen LogP contribution in [0, 0.1) is 0 Å². The number of hydrogen-bond donors (Lipinski definition) is 2. The van der Waals surface area contributed by atoms with Gasteiger partial charge in [-0.2, -0.15) is 0 Å². The maximum absolute atomic E-state index is 12.2. The van der Waals surface area contributed by atoms with E-state index in [0.29, 0.717) is 13.0 Å². The molecule has 0 aliphatic carbocycles. The van der Waals surface area contributed by atoms with E-state index in [4.69, 9.17) is 0 Å². The van der Waals surface area contributed by atoms with Crippen LogP contribution in [-0.4, -0.2) is 39.4 Å². The number of carbonyl (C=O) groups is 1. The number of nitrogens with one attached hydrogen (secondary N) is 2. The number of rotatable bonds is 7. The number of fused-ring (bicyclic) bond motifs is 1. The summed E-state index contributed by atoms with van der Waals surface area (Å²) in [4.78, 5) is 35.0. The molecule has 2 heterocycles. The van der Waals surface area contributed by atoms with Crippen LogP contribution >= 0.6 is 0 Å². The number of carbonyl (C=O) groups excluding carboxylic acids is 1. The molecule has 3 rings (SSSR count). The highest BCUT2D eigenvalue weighted by atomic mass is 16.2. The van der Waals surface area contributed by atoms with E-state index < -0.39 is 0 Å². The topological polar surface area (TPSA) is 81.8 Å². The zero-order valence-corrected chi connectivity index (χ0v) is 14.3. The Bertz CT molecular complexity index is 898. The molecule has 1 amide bonds. The minimum absolute atomic E-state index is 0.145. The fraction of sp³-hybridized carbons (Fsp3) is 0.316. The quantitative estimate of drug-likeness (QED) is 0.693. The van der Waals surface area contributed by atoms with E-state index in [1.54, 1.807) is 11.1 Å². The first-order chi connectivity index (χ1) is 12.1. The van der Waals surface area contributed by atoms with Crippen LogP contribution in [0.2, 0.25) is 0 Å². The second kappa shape index (κ2) is 7.79. The van der Waals surface area contributed by atoms with Gasteiger partial charge in [-0.1, -0.05) is 12.1 Å². The van der Waals surface area contributed by atoms with Gasteiger partial charge >= 0.3 is 5.69 Å². The first-order valence-corrected chi connectivity index (χ1v) is 8.46. The fourth-order valence-electron chi connectivity index (χ4n) is 2.82. The molecule has 0 atom stereocenters. The second-order valence-corrected chi connectivity index (χ2v) is 6.20. The number of aromatic amines is 2. The van der Waals surface area contributed by atoms with Crippen molar-refractivity contribution in [3.05, 3.63) is 64.3 Å². The van der Waals surface area contributed by atoms with Crippen LogP contribution < -0.4 is 5.69 Å². The zero-order chi connectivity index (χ0) is 17.6. The average Bonchev–Trinajstić information content (AvgIpc) is 2.99. The molecule has 0 aliphatic heterocycles. The van der Waals surface area contributed by atoms with E-state index in [1.807, 2.05) is 43.4 Å². The normalized spacial score (nSPS) is 10.9. The number of amides is 1. The molecule has 0 aliphatic rings. The monoisotopic (exact) mass is 338 g/mol. The molecule has 2 N–H and O–H groups in total. The van der Waals surface area contributed by atoms with Gasteiger partial charge in [-0.05, 0) is 42.7 Å². The van der Waals surface area contributed by atoms with E-state index in [-0.39, 0.29) is 11.6 Å². The van der Waals surface area contributed by atoms with Crippen molar-refractivity contribution in [3.63, 3.8) is 0 Å².